The number of urea groups is 1. The van der Waals surface area contributed by atoms with Crippen molar-refractivity contribution in [3.8, 4) is 0 Å². The highest BCUT2D eigenvalue weighted by Gasteiger charge is 2.37. The number of carboxylic acids is 1. The average molecular weight is 256 g/mol. The van der Waals surface area contributed by atoms with Crippen LogP contribution in [-0.4, -0.2) is 41.6 Å². The van der Waals surface area contributed by atoms with Crippen LogP contribution in [0.25, 0.3) is 0 Å². The van der Waals surface area contributed by atoms with Crippen molar-refractivity contribution >= 4 is 12.0 Å². The van der Waals surface area contributed by atoms with Gasteiger partial charge in [-0.1, -0.05) is 19.8 Å². The Balaban J connectivity index is 2.30. The molecule has 0 atom stereocenters. The van der Waals surface area contributed by atoms with Crippen LogP contribution in [0.2, 0.25) is 0 Å². The first kappa shape index (κ1) is 14.8. The second-order valence-electron chi connectivity index (χ2n) is 5.29. The lowest BCUT2D eigenvalue weighted by molar-refractivity contribution is -0.150. The minimum Gasteiger partial charge on any atom is -0.481 e. The molecule has 0 aromatic rings. The van der Waals surface area contributed by atoms with Crippen molar-refractivity contribution < 1.29 is 14.7 Å². The molecule has 2 amide bonds. The molecule has 18 heavy (non-hydrogen) atoms. The molecule has 0 bridgehead atoms. The van der Waals surface area contributed by atoms with Gasteiger partial charge in [0.05, 0.1) is 5.41 Å². The summed E-state index contributed by atoms with van der Waals surface area (Å²) in [5.41, 5.74) is -0.668. The topological polar surface area (TPSA) is 69.6 Å². The first-order valence-corrected chi connectivity index (χ1v) is 6.76. The molecule has 0 unspecified atom stereocenters. The third kappa shape index (κ3) is 3.89. The monoisotopic (exact) mass is 256 g/mol. The Morgan fingerprint density at radius 2 is 1.89 bits per heavy atom. The number of carbonyl (C=O) groups excluding carboxylic acids is 1. The van der Waals surface area contributed by atoms with E-state index in [2.05, 4.69) is 12.2 Å². The summed E-state index contributed by atoms with van der Waals surface area (Å²) in [5.74, 6) is -0.759. The highest BCUT2D eigenvalue weighted by atomic mass is 16.4. The third-order valence-electron chi connectivity index (χ3n) is 3.73. The molecule has 0 aliphatic carbocycles. The van der Waals surface area contributed by atoms with Gasteiger partial charge in [-0.3, -0.25) is 4.79 Å². The number of rotatable bonds is 5. The summed E-state index contributed by atoms with van der Waals surface area (Å²) >= 11 is 0. The molecule has 0 spiro atoms. The fourth-order valence-corrected chi connectivity index (χ4v) is 2.10. The number of piperidine rings is 1. The van der Waals surface area contributed by atoms with E-state index in [4.69, 9.17) is 5.11 Å². The molecule has 2 N–H and O–H groups in total. The van der Waals surface area contributed by atoms with Gasteiger partial charge in [-0.2, -0.15) is 0 Å². The quantitative estimate of drug-likeness (QED) is 0.740. The number of nitrogens with one attached hydrogen (secondary N) is 1. The van der Waals surface area contributed by atoms with Crippen LogP contribution in [0.5, 0.6) is 0 Å². The van der Waals surface area contributed by atoms with Crippen LogP contribution >= 0.6 is 0 Å². The van der Waals surface area contributed by atoms with Crippen LogP contribution in [0.1, 0.15) is 46.0 Å². The van der Waals surface area contributed by atoms with E-state index in [0.29, 0.717) is 32.5 Å². The Morgan fingerprint density at radius 3 is 2.39 bits per heavy atom. The molecule has 1 rings (SSSR count). The van der Waals surface area contributed by atoms with Crippen LogP contribution in [-0.2, 0) is 4.79 Å². The molecular formula is C13H24N2O3. The number of hydrogen-bond acceptors (Lipinski definition) is 2. The largest absolute Gasteiger partial charge is 0.481 e. The average Bonchev–Trinajstić information content (AvgIpc) is 2.35. The van der Waals surface area contributed by atoms with Gasteiger partial charge < -0.3 is 15.3 Å². The fraction of sp³-hybridized carbons (Fsp3) is 0.846. The summed E-state index contributed by atoms with van der Waals surface area (Å²) in [6, 6.07) is -0.0569. The molecule has 0 saturated carbocycles. The van der Waals surface area contributed by atoms with E-state index in [1.165, 1.54) is 0 Å². The summed E-state index contributed by atoms with van der Waals surface area (Å²) in [6.07, 6.45) is 4.33. The standard InChI is InChI=1S/C13H24N2O3/c1-3-4-5-8-14-12(18)15-9-6-13(2,7-10-15)11(16)17/h3-10H2,1-2H3,(H,14,18)(H,16,17). The Morgan fingerprint density at radius 1 is 1.28 bits per heavy atom. The van der Waals surface area contributed by atoms with Gasteiger partial charge >= 0.3 is 12.0 Å². The zero-order chi connectivity index (χ0) is 13.6. The molecule has 5 nitrogen and oxygen atoms in total. The first-order chi connectivity index (χ1) is 8.49. The van der Waals surface area contributed by atoms with Crippen molar-refractivity contribution in [2.75, 3.05) is 19.6 Å². The predicted molar refractivity (Wildman–Crippen MR) is 69.5 cm³/mol. The molecule has 1 saturated heterocycles. The van der Waals surface area contributed by atoms with Crippen LogP contribution < -0.4 is 5.32 Å². The minimum absolute atomic E-state index is 0.0569. The number of unbranched alkanes of at least 4 members (excludes halogenated alkanes) is 2. The van der Waals surface area contributed by atoms with Gasteiger partial charge in [-0.05, 0) is 26.2 Å². The number of aliphatic carboxylic acids is 1. The summed E-state index contributed by atoms with van der Waals surface area (Å²) in [6.45, 7) is 5.65. The van der Waals surface area contributed by atoms with Gasteiger partial charge in [0, 0.05) is 19.6 Å². The maximum absolute atomic E-state index is 11.8. The highest BCUT2D eigenvalue weighted by molar-refractivity contribution is 5.76. The molecule has 104 valence electrons. The highest BCUT2D eigenvalue weighted by Crippen LogP contribution is 2.30. The van der Waals surface area contributed by atoms with Gasteiger partial charge in [0.2, 0.25) is 0 Å². The van der Waals surface area contributed by atoms with E-state index in [9.17, 15) is 9.59 Å². The molecule has 5 heteroatoms. The van der Waals surface area contributed by atoms with Crippen molar-refractivity contribution in [2.45, 2.75) is 46.0 Å². The Hall–Kier alpha value is -1.26. The van der Waals surface area contributed by atoms with Crippen molar-refractivity contribution in [3.63, 3.8) is 0 Å². The second kappa shape index (κ2) is 6.61. The number of likely N-dealkylation sites (tertiary alicyclic amines) is 1. The molecule has 0 radical (unpaired) electrons. The van der Waals surface area contributed by atoms with Crippen molar-refractivity contribution in [2.24, 2.45) is 5.41 Å². The van der Waals surface area contributed by atoms with E-state index in [1.807, 2.05) is 0 Å². The summed E-state index contributed by atoms with van der Waals surface area (Å²) in [4.78, 5) is 24.6. The zero-order valence-corrected chi connectivity index (χ0v) is 11.4. The van der Waals surface area contributed by atoms with Crippen molar-refractivity contribution in [1.29, 1.82) is 0 Å². The van der Waals surface area contributed by atoms with E-state index in [1.54, 1.807) is 11.8 Å². The van der Waals surface area contributed by atoms with Crippen LogP contribution in [0, 0.1) is 5.41 Å². The molecule has 1 heterocycles. The number of hydrogen-bond donors (Lipinski definition) is 2. The summed E-state index contributed by atoms with van der Waals surface area (Å²) < 4.78 is 0. The molecule has 0 aromatic carbocycles. The van der Waals surface area contributed by atoms with Crippen LogP contribution in [0.3, 0.4) is 0 Å². The van der Waals surface area contributed by atoms with Gasteiger partial charge in [0.1, 0.15) is 0 Å². The lowest BCUT2D eigenvalue weighted by atomic mass is 9.80. The number of carboxylic acid groups (broad SMARTS) is 1. The Kier molecular flexibility index (Phi) is 5.44. The molecular weight excluding hydrogens is 232 g/mol. The number of carbonyl (C=O) groups is 2. The zero-order valence-electron chi connectivity index (χ0n) is 11.4. The van der Waals surface area contributed by atoms with Crippen LogP contribution in [0.4, 0.5) is 4.79 Å². The number of nitrogens with zero attached hydrogens (tertiary/aromatic N) is 1. The van der Waals surface area contributed by atoms with Gasteiger partial charge in [-0.15, -0.1) is 0 Å². The molecule has 1 fully saturated rings. The van der Waals surface area contributed by atoms with Crippen molar-refractivity contribution in [1.82, 2.24) is 10.2 Å². The Labute approximate surface area is 109 Å². The summed E-state index contributed by atoms with van der Waals surface area (Å²) in [5, 5.41) is 12.0. The smallest absolute Gasteiger partial charge is 0.317 e. The van der Waals surface area contributed by atoms with Crippen molar-refractivity contribution in [3.05, 3.63) is 0 Å². The molecule has 1 aliphatic rings. The lowest BCUT2D eigenvalue weighted by Gasteiger charge is -2.36. The number of amides is 2. The van der Waals surface area contributed by atoms with Gasteiger partial charge in [0.25, 0.3) is 0 Å². The third-order valence-corrected chi connectivity index (χ3v) is 3.73. The normalized spacial score (nSPS) is 18.4. The first-order valence-electron chi connectivity index (χ1n) is 6.76. The predicted octanol–water partition coefficient (Wildman–Crippen LogP) is 2.07. The minimum atomic E-state index is -0.759. The molecule has 0 aromatic heterocycles. The lowest BCUT2D eigenvalue weighted by Crippen LogP contribution is -2.48. The maximum Gasteiger partial charge on any atom is 0.317 e. The SMILES string of the molecule is CCCCCNC(=O)N1CCC(C)(C(=O)O)CC1. The summed E-state index contributed by atoms with van der Waals surface area (Å²) in [7, 11) is 0. The van der Waals surface area contributed by atoms with E-state index in [0.717, 1.165) is 19.3 Å². The molecule has 1 aliphatic heterocycles. The van der Waals surface area contributed by atoms with E-state index in [-0.39, 0.29) is 6.03 Å². The van der Waals surface area contributed by atoms with Gasteiger partial charge in [-0.25, -0.2) is 4.79 Å². The Bertz CT molecular complexity index is 297. The second-order valence-corrected chi connectivity index (χ2v) is 5.29. The van der Waals surface area contributed by atoms with E-state index < -0.39 is 11.4 Å². The fourth-order valence-electron chi connectivity index (χ4n) is 2.10. The maximum atomic E-state index is 11.8. The van der Waals surface area contributed by atoms with E-state index >= 15 is 0 Å². The van der Waals surface area contributed by atoms with Crippen LogP contribution in [0.15, 0.2) is 0 Å². The van der Waals surface area contributed by atoms with Gasteiger partial charge in [0.15, 0.2) is 0 Å².